The van der Waals surface area contributed by atoms with Gasteiger partial charge in [-0.2, -0.15) is 0 Å². The van der Waals surface area contributed by atoms with E-state index in [-0.39, 0.29) is 18.4 Å². The summed E-state index contributed by atoms with van der Waals surface area (Å²) in [7, 11) is 2.16. The summed E-state index contributed by atoms with van der Waals surface area (Å²) in [4.78, 5) is 30.9. The number of aliphatic carboxylic acids is 1. The Bertz CT molecular complexity index is 1210. The van der Waals surface area contributed by atoms with E-state index in [1.54, 1.807) is 4.90 Å². The molecule has 1 atom stereocenters. The van der Waals surface area contributed by atoms with Gasteiger partial charge in [0, 0.05) is 43.5 Å². The molecule has 0 saturated carbocycles. The van der Waals surface area contributed by atoms with E-state index in [1.165, 1.54) is 11.1 Å². The standard InChI is InChI=1S/C29H31N3O3/c1-30-15-13-21-7-12-26(19-24(21)14-16-30)32-18-17-31(29(32)35)25-10-8-23(9-11-25)27(20-28(33)34)22-5-3-2-4-6-22/h2-12,19,27H,13-18,20H2,1H3,(H,33,34). The third-order valence-corrected chi connectivity index (χ3v) is 7.22. The number of amides is 2. The summed E-state index contributed by atoms with van der Waals surface area (Å²) in [5.41, 5.74) is 6.42. The van der Waals surface area contributed by atoms with Crippen LogP contribution in [0.2, 0.25) is 0 Å². The zero-order valence-corrected chi connectivity index (χ0v) is 20.1. The number of hydrogen-bond acceptors (Lipinski definition) is 3. The van der Waals surface area contributed by atoms with Gasteiger partial charge in [0.2, 0.25) is 0 Å². The first-order valence-corrected chi connectivity index (χ1v) is 12.3. The highest BCUT2D eigenvalue weighted by molar-refractivity contribution is 6.06. The molecule has 3 aromatic carbocycles. The van der Waals surface area contributed by atoms with Gasteiger partial charge in [-0.15, -0.1) is 0 Å². The van der Waals surface area contributed by atoms with Crippen molar-refractivity contribution < 1.29 is 14.7 Å². The fraction of sp³-hybridized carbons (Fsp3) is 0.310. The second kappa shape index (κ2) is 9.92. The molecule has 1 saturated heterocycles. The van der Waals surface area contributed by atoms with Crippen molar-refractivity contribution in [3.05, 3.63) is 95.1 Å². The molecule has 5 rings (SSSR count). The molecule has 0 spiro atoms. The van der Waals surface area contributed by atoms with Crippen molar-refractivity contribution in [2.45, 2.75) is 25.2 Å². The van der Waals surface area contributed by atoms with E-state index in [1.807, 2.05) is 59.5 Å². The molecule has 6 nitrogen and oxygen atoms in total. The number of fused-ring (bicyclic) bond motifs is 1. The Hall–Kier alpha value is -3.64. The lowest BCUT2D eigenvalue weighted by molar-refractivity contribution is -0.137. The van der Waals surface area contributed by atoms with E-state index < -0.39 is 5.97 Å². The van der Waals surface area contributed by atoms with Crippen LogP contribution in [0.15, 0.2) is 72.8 Å². The lowest BCUT2D eigenvalue weighted by atomic mass is 9.88. The fourth-order valence-electron chi connectivity index (χ4n) is 5.18. The molecule has 2 aliphatic rings. The Labute approximate surface area is 206 Å². The highest BCUT2D eigenvalue weighted by Crippen LogP contribution is 2.32. The second-order valence-corrected chi connectivity index (χ2v) is 9.49. The highest BCUT2D eigenvalue weighted by atomic mass is 16.4. The van der Waals surface area contributed by atoms with Crippen LogP contribution in [-0.4, -0.2) is 55.2 Å². The number of urea groups is 1. The maximum absolute atomic E-state index is 13.3. The van der Waals surface area contributed by atoms with E-state index in [9.17, 15) is 14.7 Å². The van der Waals surface area contributed by atoms with Crippen molar-refractivity contribution in [2.24, 2.45) is 0 Å². The minimum Gasteiger partial charge on any atom is -0.481 e. The van der Waals surface area contributed by atoms with Crippen LogP contribution in [0, 0.1) is 0 Å². The van der Waals surface area contributed by atoms with E-state index in [0.717, 1.165) is 48.4 Å². The molecule has 0 aliphatic carbocycles. The first kappa shape index (κ1) is 23.1. The van der Waals surface area contributed by atoms with Crippen LogP contribution in [-0.2, 0) is 17.6 Å². The number of rotatable bonds is 6. The van der Waals surface area contributed by atoms with E-state index in [2.05, 4.69) is 30.1 Å². The summed E-state index contributed by atoms with van der Waals surface area (Å²) in [6.07, 6.45) is 2.07. The molecule has 1 fully saturated rings. The number of anilines is 2. The molecule has 6 heteroatoms. The lowest BCUT2D eigenvalue weighted by Gasteiger charge is -2.21. The van der Waals surface area contributed by atoms with Crippen LogP contribution in [0.3, 0.4) is 0 Å². The molecule has 2 heterocycles. The Morgan fingerprint density at radius 1 is 0.800 bits per heavy atom. The monoisotopic (exact) mass is 469 g/mol. The van der Waals surface area contributed by atoms with Gasteiger partial charge < -0.3 is 10.0 Å². The van der Waals surface area contributed by atoms with Crippen LogP contribution in [0.5, 0.6) is 0 Å². The van der Waals surface area contributed by atoms with Gasteiger partial charge in [-0.25, -0.2) is 4.79 Å². The van der Waals surface area contributed by atoms with Crippen molar-refractivity contribution in [1.82, 2.24) is 4.90 Å². The van der Waals surface area contributed by atoms with Gasteiger partial charge in [-0.1, -0.05) is 48.5 Å². The van der Waals surface area contributed by atoms with Gasteiger partial charge in [0.1, 0.15) is 0 Å². The van der Waals surface area contributed by atoms with E-state index in [4.69, 9.17) is 0 Å². The number of carboxylic acid groups (broad SMARTS) is 1. The summed E-state index contributed by atoms with van der Waals surface area (Å²) in [5, 5.41) is 9.45. The molecule has 0 radical (unpaired) electrons. The molecular formula is C29H31N3O3. The Morgan fingerprint density at radius 3 is 2.09 bits per heavy atom. The minimum absolute atomic E-state index is 0.0198. The quantitative estimate of drug-likeness (QED) is 0.565. The lowest BCUT2D eigenvalue weighted by Crippen LogP contribution is -2.31. The van der Waals surface area contributed by atoms with Crippen molar-refractivity contribution in [3.63, 3.8) is 0 Å². The number of carboxylic acids is 1. The fourth-order valence-corrected chi connectivity index (χ4v) is 5.18. The average Bonchev–Trinajstić information content (AvgIpc) is 3.16. The molecule has 2 aliphatic heterocycles. The Morgan fingerprint density at radius 2 is 1.40 bits per heavy atom. The van der Waals surface area contributed by atoms with Gasteiger partial charge in [-0.3, -0.25) is 14.6 Å². The highest BCUT2D eigenvalue weighted by Gasteiger charge is 2.31. The minimum atomic E-state index is -0.833. The number of hydrogen-bond donors (Lipinski definition) is 1. The first-order chi connectivity index (χ1) is 17.0. The third-order valence-electron chi connectivity index (χ3n) is 7.22. The van der Waals surface area contributed by atoms with Crippen molar-refractivity contribution in [2.75, 3.05) is 43.0 Å². The SMILES string of the molecule is CN1CCc2ccc(N3CCN(c4ccc(C(CC(=O)O)c5ccccc5)cc4)C3=O)cc2CC1. The Balaban J connectivity index is 1.34. The van der Waals surface area contributed by atoms with Crippen molar-refractivity contribution >= 4 is 23.4 Å². The first-order valence-electron chi connectivity index (χ1n) is 12.3. The molecule has 35 heavy (non-hydrogen) atoms. The predicted octanol–water partition coefficient (Wildman–Crippen LogP) is 4.77. The molecule has 1 unspecified atom stereocenters. The van der Waals surface area contributed by atoms with Gasteiger partial charge in [0.15, 0.2) is 0 Å². The van der Waals surface area contributed by atoms with Gasteiger partial charge >= 0.3 is 12.0 Å². The summed E-state index contributed by atoms with van der Waals surface area (Å²) in [6, 6.07) is 23.9. The predicted molar refractivity (Wildman–Crippen MR) is 138 cm³/mol. The second-order valence-electron chi connectivity index (χ2n) is 9.49. The van der Waals surface area contributed by atoms with Crippen molar-refractivity contribution in [1.29, 1.82) is 0 Å². The normalized spacial score (nSPS) is 17.2. The van der Waals surface area contributed by atoms with E-state index in [0.29, 0.717) is 13.1 Å². The summed E-state index contributed by atoms with van der Waals surface area (Å²) in [6.45, 7) is 3.37. The molecule has 1 N–H and O–H groups in total. The molecule has 0 aromatic heterocycles. The maximum atomic E-state index is 13.3. The number of benzene rings is 3. The maximum Gasteiger partial charge on any atom is 0.329 e. The van der Waals surface area contributed by atoms with Crippen molar-refractivity contribution in [3.8, 4) is 0 Å². The van der Waals surface area contributed by atoms with Crippen LogP contribution in [0.1, 0.15) is 34.6 Å². The topological polar surface area (TPSA) is 64.1 Å². The third kappa shape index (κ3) is 4.93. The number of carbonyl (C=O) groups excluding carboxylic acids is 1. The number of nitrogens with zero attached hydrogens (tertiary/aromatic N) is 3. The van der Waals surface area contributed by atoms with Gasteiger partial charge in [0.05, 0.1) is 6.42 Å². The smallest absolute Gasteiger partial charge is 0.329 e. The van der Waals surface area contributed by atoms with Crippen LogP contribution >= 0.6 is 0 Å². The molecule has 180 valence electrons. The van der Waals surface area contributed by atoms with E-state index >= 15 is 0 Å². The van der Waals surface area contributed by atoms with Crippen LogP contribution in [0.4, 0.5) is 16.2 Å². The summed E-state index contributed by atoms with van der Waals surface area (Å²) in [5.74, 6) is -1.06. The Kier molecular flexibility index (Phi) is 6.55. The molecule has 0 bridgehead atoms. The average molecular weight is 470 g/mol. The summed E-state index contributed by atoms with van der Waals surface area (Å²) >= 11 is 0. The number of likely N-dealkylation sites (N-methyl/N-ethyl adjacent to an activating group) is 1. The van der Waals surface area contributed by atoms with Gasteiger partial charge in [-0.05, 0) is 66.4 Å². The van der Waals surface area contributed by atoms with Gasteiger partial charge in [0.25, 0.3) is 0 Å². The zero-order valence-electron chi connectivity index (χ0n) is 20.1. The molecular weight excluding hydrogens is 438 g/mol. The zero-order chi connectivity index (χ0) is 24.4. The number of carbonyl (C=O) groups is 2. The van der Waals surface area contributed by atoms with Crippen LogP contribution in [0.25, 0.3) is 0 Å². The largest absolute Gasteiger partial charge is 0.481 e. The van der Waals surface area contributed by atoms with Crippen LogP contribution < -0.4 is 9.80 Å². The molecule has 2 amide bonds. The molecule has 3 aromatic rings. The summed E-state index contributed by atoms with van der Waals surface area (Å²) < 4.78 is 0.